The van der Waals surface area contributed by atoms with Crippen LogP contribution in [0.15, 0.2) is 0 Å². The lowest BCUT2D eigenvalue weighted by Gasteiger charge is -2.28. The quantitative estimate of drug-likeness (QED) is 0.606. The zero-order chi connectivity index (χ0) is 12.1. The number of aliphatic hydroxyl groups is 1. The Morgan fingerprint density at radius 1 is 1.40 bits per heavy atom. The Morgan fingerprint density at radius 2 is 1.93 bits per heavy atom. The molecule has 0 aromatic carbocycles. The van der Waals surface area contributed by atoms with E-state index in [-0.39, 0.29) is 18.6 Å². The van der Waals surface area contributed by atoms with E-state index in [2.05, 4.69) is 10.6 Å². The standard InChI is InChI=1S/C11H24N2O2/c1-8(2)9(6-7-14)13-10(15)11(3,4)12-5/h8-9,12,14H,6-7H2,1-5H3,(H,13,15). The summed E-state index contributed by atoms with van der Waals surface area (Å²) in [5.41, 5.74) is -0.567. The Balaban J connectivity index is 4.35. The first-order valence-electron chi connectivity index (χ1n) is 5.46. The summed E-state index contributed by atoms with van der Waals surface area (Å²) in [5, 5.41) is 14.8. The SMILES string of the molecule is CNC(C)(C)C(=O)NC(CCO)C(C)C. The van der Waals surface area contributed by atoms with Gasteiger partial charge in [-0.1, -0.05) is 13.8 Å². The topological polar surface area (TPSA) is 61.4 Å². The van der Waals surface area contributed by atoms with Gasteiger partial charge in [-0.25, -0.2) is 0 Å². The van der Waals surface area contributed by atoms with E-state index >= 15 is 0 Å². The number of rotatable bonds is 6. The Labute approximate surface area is 92.4 Å². The molecule has 0 aromatic heterocycles. The maximum atomic E-state index is 11.8. The monoisotopic (exact) mass is 216 g/mol. The zero-order valence-corrected chi connectivity index (χ0v) is 10.4. The molecular weight excluding hydrogens is 192 g/mol. The molecule has 4 nitrogen and oxygen atoms in total. The van der Waals surface area contributed by atoms with Crippen LogP contribution in [-0.2, 0) is 4.79 Å². The third-order valence-electron chi connectivity index (χ3n) is 2.75. The number of aliphatic hydroxyl groups excluding tert-OH is 1. The Bertz CT molecular complexity index is 203. The first-order valence-corrected chi connectivity index (χ1v) is 5.46. The smallest absolute Gasteiger partial charge is 0.239 e. The van der Waals surface area contributed by atoms with Gasteiger partial charge in [0.25, 0.3) is 0 Å². The highest BCUT2D eigenvalue weighted by Gasteiger charge is 2.27. The minimum atomic E-state index is -0.567. The van der Waals surface area contributed by atoms with Gasteiger partial charge in [-0.05, 0) is 33.2 Å². The van der Waals surface area contributed by atoms with Crippen molar-refractivity contribution in [1.29, 1.82) is 0 Å². The van der Waals surface area contributed by atoms with Crippen molar-refractivity contribution in [1.82, 2.24) is 10.6 Å². The van der Waals surface area contributed by atoms with Crippen LogP contribution in [0.4, 0.5) is 0 Å². The molecule has 3 N–H and O–H groups in total. The molecule has 0 aliphatic rings. The van der Waals surface area contributed by atoms with E-state index in [9.17, 15) is 4.79 Å². The predicted octanol–water partition coefficient (Wildman–Crippen LogP) is 0.508. The summed E-state index contributed by atoms with van der Waals surface area (Å²) in [5.74, 6) is 0.297. The molecule has 0 saturated heterocycles. The van der Waals surface area contributed by atoms with Crippen LogP contribution in [0, 0.1) is 5.92 Å². The summed E-state index contributed by atoms with van der Waals surface area (Å²) in [4.78, 5) is 11.8. The summed E-state index contributed by atoms with van der Waals surface area (Å²) in [6.45, 7) is 7.83. The second kappa shape index (κ2) is 6.08. The molecule has 0 heterocycles. The molecule has 90 valence electrons. The number of carbonyl (C=O) groups excluding carboxylic acids is 1. The maximum Gasteiger partial charge on any atom is 0.239 e. The van der Waals surface area contributed by atoms with Gasteiger partial charge in [0.15, 0.2) is 0 Å². The molecule has 0 saturated carbocycles. The zero-order valence-electron chi connectivity index (χ0n) is 10.4. The summed E-state index contributed by atoms with van der Waals surface area (Å²) >= 11 is 0. The molecule has 0 aliphatic carbocycles. The van der Waals surface area contributed by atoms with Crippen LogP contribution in [0.1, 0.15) is 34.1 Å². The van der Waals surface area contributed by atoms with Crippen LogP contribution >= 0.6 is 0 Å². The van der Waals surface area contributed by atoms with E-state index in [1.165, 1.54) is 0 Å². The number of carbonyl (C=O) groups is 1. The van der Waals surface area contributed by atoms with Crippen LogP contribution < -0.4 is 10.6 Å². The molecule has 0 rings (SSSR count). The number of amides is 1. The highest BCUT2D eigenvalue weighted by Crippen LogP contribution is 2.08. The van der Waals surface area contributed by atoms with Crippen molar-refractivity contribution in [2.45, 2.75) is 45.7 Å². The van der Waals surface area contributed by atoms with E-state index in [1.807, 2.05) is 27.7 Å². The van der Waals surface area contributed by atoms with Crippen LogP contribution in [0.25, 0.3) is 0 Å². The van der Waals surface area contributed by atoms with Gasteiger partial charge in [-0.15, -0.1) is 0 Å². The third-order valence-corrected chi connectivity index (χ3v) is 2.75. The van der Waals surface area contributed by atoms with Crippen molar-refractivity contribution >= 4 is 5.91 Å². The van der Waals surface area contributed by atoms with Crippen molar-refractivity contribution in [2.75, 3.05) is 13.7 Å². The first-order chi connectivity index (χ1) is 6.85. The first kappa shape index (κ1) is 14.4. The second-order valence-electron chi connectivity index (χ2n) is 4.71. The van der Waals surface area contributed by atoms with E-state index in [4.69, 9.17) is 5.11 Å². The van der Waals surface area contributed by atoms with Crippen LogP contribution in [0.2, 0.25) is 0 Å². The Hall–Kier alpha value is -0.610. The van der Waals surface area contributed by atoms with Gasteiger partial charge in [0, 0.05) is 12.6 Å². The molecule has 1 amide bonds. The molecule has 0 aliphatic heterocycles. The highest BCUT2D eigenvalue weighted by molar-refractivity contribution is 5.85. The summed E-state index contributed by atoms with van der Waals surface area (Å²) in [7, 11) is 1.76. The number of likely N-dealkylation sites (N-methyl/N-ethyl adjacent to an activating group) is 1. The van der Waals surface area contributed by atoms with E-state index in [1.54, 1.807) is 7.05 Å². The van der Waals surface area contributed by atoms with E-state index in [0.29, 0.717) is 12.3 Å². The normalized spacial score (nSPS) is 14.1. The van der Waals surface area contributed by atoms with Crippen LogP contribution in [0.5, 0.6) is 0 Å². The van der Waals surface area contributed by atoms with E-state index in [0.717, 1.165) is 0 Å². The fraction of sp³-hybridized carbons (Fsp3) is 0.909. The van der Waals surface area contributed by atoms with Crippen LogP contribution in [0.3, 0.4) is 0 Å². The van der Waals surface area contributed by atoms with Crippen molar-refractivity contribution < 1.29 is 9.90 Å². The lowest BCUT2D eigenvalue weighted by molar-refractivity contribution is -0.127. The summed E-state index contributed by atoms with van der Waals surface area (Å²) in [6.07, 6.45) is 0.600. The van der Waals surface area contributed by atoms with E-state index < -0.39 is 5.54 Å². The molecule has 0 aromatic rings. The van der Waals surface area contributed by atoms with Crippen molar-refractivity contribution in [2.24, 2.45) is 5.92 Å². The molecular formula is C11H24N2O2. The molecule has 1 atom stereocenters. The molecule has 15 heavy (non-hydrogen) atoms. The molecule has 0 fully saturated rings. The number of hydrogen-bond donors (Lipinski definition) is 3. The second-order valence-corrected chi connectivity index (χ2v) is 4.71. The average molecular weight is 216 g/mol. The number of nitrogens with one attached hydrogen (secondary N) is 2. The summed E-state index contributed by atoms with van der Waals surface area (Å²) < 4.78 is 0. The highest BCUT2D eigenvalue weighted by atomic mass is 16.3. The fourth-order valence-electron chi connectivity index (χ4n) is 1.17. The lowest BCUT2D eigenvalue weighted by atomic mass is 9.98. The van der Waals surface area contributed by atoms with Gasteiger partial charge in [-0.3, -0.25) is 4.79 Å². The molecule has 0 radical (unpaired) electrons. The Kier molecular flexibility index (Phi) is 5.83. The minimum absolute atomic E-state index is 0.0304. The van der Waals surface area contributed by atoms with Gasteiger partial charge < -0.3 is 15.7 Å². The average Bonchev–Trinajstić information content (AvgIpc) is 2.16. The molecule has 4 heteroatoms. The van der Waals surface area contributed by atoms with Gasteiger partial charge in [0.1, 0.15) is 0 Å². The number of hydrogen-bond acceptors (Lipinski definition) is 3. The Morgan fingerprint density at radius 3 is 2.27 bits per heavy atom. The predicted molar refractivity (Wildman–Crippen MR) is 61.6 cm³/mol. The van der Waals surface area contributed by atoms with Crippen molar-refractivity contribution in [3.63, 3.8) is 0 Å². The van der Waals surface area contributed by atoms with Crippen molar-refractivity contribution in [3.05, 3.63) is 0 Å². The third kappa shape index (κ3) is 4.62. The molecule has 0 spiro atoms. The molecule has 1 unspecified atom stereocenters. The maximum absolute atomic E-state index is 11.8. The van der Waals surface area contributed by atoms with Crippen molar-refractivity contribution in [3.8, 4) is 0 Å². The minimum Gasteiger partial charge on any atom is -0.396 e. The van der Waals surface area contributed by atoms with Gasteiger partial charge in [0.05, 0.1) is 5.54 Å². The fourth-order valence-corrected chi connectivity index (χ4v) is 1.17. The van der Waals surface area contributed by atoms with Gasteiger partial charge in [0.2, 0.25) is 5.91 Å². The summed E-state index contributed by atoms with van der Waals surface area (Å²) in [6, 6.07) is 0.0372. The van der Waals surface area contributed by atoms with Gasteiger partial charge in [-0.2, -0.15) is 0 Å². The lowest BCUT2D eigenvalue weighted by Crippen LogP contribution is -2.54. The largest absolute Gasteiger partial charge is 0.396 e. The van der Waals surface area contributed by atoms with Crippen LogP contribution in [-0.4, -0.2) is 36.2 Å². The molecule has 0 bridgehead atoms. The van der Waals surface area contributed by atoms with Gasteiger partial charge >= 0.3 is 0 Å².